The van der Waals surface area contributed by atoms with Gasteiger partial charge in [0, 0.05) is 5.57 Å². The first-order valence-electron chi connectivity index (χ1n) is 9.73. The summed E-state index contributed by atoms with van der Waals surface area (Å²) in [6.45, 7) is 5.66. The average Bonchev–Trinajstić information content (AvgIpc) is 2.78. The maximum absolute atomic E-state index is 12.1. The predicted octanol–water partition coefficient (Wildman–Crippen LogP) is 4.22. The van der Waals surface area contributed by atoms with Gasteiger partial charge in [-0.1, -0.05) is 6.58 Å². The van der Waals surface area contributed by atoms with Crippen LogP contribution in [0.15, 0.2) is 60.7 Å². The molecular weight excluding hydrogens is 398 g/mol. The zero-order chi connectivity index (χ0) is 22.6. The van der Waals surface area contributed by atoms with Crippen LogP contribution in [0.5, 0.6) is 5.75 Å². The lowest BCUT2D eigenvalue weighted by Gasteiger charge is -2.07. The molecule has 160 valence electrons. The average molecular weight is 421 g/mol. The molecule has 0 spiro atoms. The van der Waals surface area contributed by atoms with Gasteiger partial charge in [-0.2, -0.15) is 5.26 Å². The molecule has 0 aliphatic rings. The van der Waals surface area contributed by atoms with Gasteiger partial charge in [0.2, 0.25) is 0 Å². The van der Waals surface area contributed by atoms with Gasteiger partial charge in [0.25, 0.3) is 0 Å². The number of nitrogens with zero attached hydrogens (tertiary/aromatic N) is 1. The van der Waals surface area contributed by atoms with Crippen LogP contribution in [0.25, 0.3) is 0 Å². The van der Waals surface area contributed by atoms with Crippen molar-refractivity contribution in [2.45, 2.75) is 26.2 Å². The highest BCUT2D eigenvalue weighted by Crippen LogP contribution is 2.15. The van der Waals surface area contributed by atoms with Gasteiger partial charge in [0.05, 0.1) is 36.0 Å². The van der Waals surface area contributed by atoms with Crippen molar-refractivity contribution in [3.05, 3.63) is 77.4 Å². The first-order valence-corrected chi connectivity index (χ1v) is 9.73. The normalized spacial score (nSPS) is 9.94. The number of rotatable bonds is 10. The maximum Gasteiger partial charge on any atom is 0.343 e. The molecule has 0 saturated heterocycles. The number of unbranched alkanes of at least 4 members (excludes halogenated alkanes) is 2. The third kappa shape index (κ3) is 7.78. The minimum absolute atomic E-state index is 0.253. The molecule has 0 N–H and O–H groups in total. The van der Waals surface area contributed by atoms with Gasteiger partial charge >= 0.3 is 17.9 Å². The summed E-state index contributed by atoms with van der Waals surface area (Å²) in [6.07, 6.45) is 2.08. The molecule has 7 heteroatoms. The van der Waals surface area contributed by atoms with E-state index in [1.165, 1.54) is 48.5 Å². The Hall–Kier alpha value is -3.92. The Morgan fingerprint density at radius 1 is 0.839 bits per heavy atom. The summed E-state index contributed by atoms with van der Waals surface area (Å²) in [7, 11) is 0. The van der Waals surface area contributed by atoms with Crippen molar-refractivity contribution in [1.82, 2.24) is 0 Å². The zero-order valence-electron chi connectivity index (χ0n) is 17.3. The molecule has 0 aliphatic carbocycles. The van der Waals surface area contributed by atoms with E-state index < -0.39 is 17.9 Å². The third-order valence-electron chi connectivity index (χ3n) is 4.15. The van der Waals surface area contributed by atoms with Crippen LogP contribution in [0, 0.1) is 11.3 Å². The third-order valence-corrected chi connectivity index (χ3v) is 4.15. The highest BCUT2D eigenvalue weighted by Gasteiger charge is 2.11. The molecule has 2 aromatic carbocycles. The highest BCUT2D eigenvalue weighted by molar-refractivity contribution is 5.92. The molecule has 0 radical (unpaired) electrons. The summed E-state index contributed by atoms with van der Waals surface area (Å²) in [5.74, 6) is -1.15. The van der Waals surface area contributed by atoms with Gasteiger partial charge in [0.15, 0.2) is 0 Å². The lowest BCUT2D eigenvalue weighted by Crippen LogP contribution is -2.09. The maximum atomic E-state index is 12.1. The SMILES string of the molecule is C=C(C)C(=O)OCCCCCOC(=O)c1ccc(OC(=O)c2ccc(C#N)cc2)cc1. The van der Waals surface area contributed by atoms with Crippen molar-refractivity contribution < 1.29 is 28.6 Å². The van der Waals surface area contributed by atoms with E-state index in [1.54, 1.807) is 6.92 Å². The Morgan fingerprint density at radius 3 is 1.97 bits per heavy atom. The molecule has 0 fully saturated rings. The highest BCUT2D eigenvalue weighted by atomic mass is 16.5. The van der Waals surface area contributed by atoms with Crippen molar-refractivity contribution in [3.8, 4) is 11.8 Å². The topological polar surface area (TPSA) is 103 Å². The standard InChI is InChI=1S/C24H23NO6/c1-17(2)22(26)29-14-4-3-5-15-30-23(27)19-10-12-21(13-11-19)31-24(28)20-8-6-18(16-25)7-9-20/h6-13H,1,3-5,14-15H2,2H3. The van der Waals surface area contributed by atoms with Crippen LogP contribution in [-0.2, 0) is 14.3 Å². The molecular formula is C24H23NO6. The van der Waals surface area contributed by atoms with Crippen LogP contribution in [0.1, 0.15) is 52.5 Å². The first-order chi connectivity index (χ1) is 14.9. The van der Waals surface area contributed by atoms with Crippen molar-refractivity contribution in [1.29, 1.82) is 5.26 Å². The van der Waals surface area contributed by atoms with Crippen molar-refractivity contribution in [2.24, 2.45) is 0 Å². The van der Waals surface area contributed by atoms with Crippen LogP contribution in [0.4, 0.5) is 0 Å². The van der Waals surface area contributed by atoms with Gasteiger partial charge < -0.3 is 14.2 Å². The van der Waals surface area contributed by atoms with Gasteiger partial charge in [-0.15, -0.1) is 0 Å². The molecule has 0 aliphatic heterocycles. The lowest BCUT2D eigenvalue weighted by molar-refractivity contribution is -0.139. The van der Waals surface area contributed by atoms with E-state index >= 15 is 0 Å². The summed E-state index contributed by atoms with van der Waals surface area (Å²) < 4.78 is 15.5. The monoisotopic (exact) mass is 421 g/mol. The second kappa shape index (κ2) is 11.9. The van der Waals surface area contributed by atoms with Crippen LogP contribution in [-0.4, -0.2) is 31.1 Å². The molecule has 0 unspecified atom stereocenters. The molecule has 0 saturated carbocycles. The quantitative estimate of drug-likeness (QED) is 0.245. The molecule has 0 bridgehead atoms. The molecule has 0 heterocycles. The molecule has 0 atom stereocenters. The largest absolute Gasteiger partial charge is 0.462 e. The summed E-state index contributed by atoms with van der Waals surface area (Å²) in [5.41, 5.74) is 1.47. The number of carbonyl (C=O) groups excluding carboxylic acids is 3. The minimum atomic E-state index is -0.561. The second-order valence-corrected chi connectivity index (χ2v) is 6.72. The van der Waals surface area contributed by atoms with Gasteiger partial charge in [-0.3, -0.25) is 0 Å². The molecule has 31 heavy (non-hydrogen) atoms. The van der Waals surface area contributed by atoms with Gasteiger partial charge in [-0.25, -0.2) is 14.4 Å². The number of hydrogen-bond donors (Lipinski definition) is 0. The Labute approximate surface area is 180 Å². The summed E-state index contributed by atoms with van der Waals surface area (Å²) >= 11 is 0. The van der Waals surface area contributed by atoms with Gasteiger partial charge in [-0.05, 0) is 74.7 Å². The minimum Gasteiger partial charge on any atom is -0.462 e. The number of ether oxygens (including phenoxy) is 3. The molecule has 2 aromatic rings. The predicted molar refractivity (Wildman–Crippen MR) is 112 cm³/mol. The van der Waals surface area contributed by atoms with E-state index in [-0.39, 0.29) is 12.4 Å². The van der Waals surface area contributed by atoms with E-state index in [0.29, 0.717) is 41.7 Å². The number of hydrogen-bond acceptors (Lipinski definition) is 7. The smallest absolute Gasteiger partial charge is 0.343 e. The number of carbonyl (C=O) groups is 3. The Morgan fingerprint density at radius 2 is 1.39 bits per heavy atom. The van der Waals surface area contributed by atoms with Crippen LogP contribution >= 0.6 is 0 Å². The van der Waals surface area contributed by atoms with Crippen LogP contribution in [0.2, 0.25) is 0 Å². The Bertz CT molecular complexity index is 971. The number of esters is 3. The zero-order valence-corrected chi connectivity index (χ0v) is 17.3. The van der Waals surface area contributed by atoms with Gasteiger partial charge in [0.1, 0.15) is 5.75 Å². The summed E-state index contributed by atoms with van der Waals surface area (Å²) in [5, 5.41) is 8.79. The van der Waals surface area contributed by atoms with E-state index in [0.717, 1.165) is 6.42 Å². The number of nitriles is 1. The van der Waals surface area contributed by atoms with Crippen LogP contribution in [0.3, 0.4) is 0 Å². The Kier molecular flexibility index (Phi) is 8.99. The molecule has 0 amide bonds. The first kappa shape index (κ1) is 23.4. The number of benzene rings is 2. The fourth-order valence-corrected chi connectivity index (χ4v) is 2.42. The fourth-order valence-electron chi connectivity index (χ4n) is 2.42. The summed E-state index contributed by atoms with van der Waals surface area (Å²) in [6, 6.07) is 14.1. The molecule has 0 aromatic heterocycles. The molecule has 7 nitrogen and oxygen atoms in total. The van der Waals surface area contributed by atoms with E-state index in [1.807, 2.05) is 6.07 Å². The Balaban J connectivity index is 1.71. The van der Waals surface area contributed by atoms with Crippen LogP contribution < -0.4 is 4.74 Å². The van der Waals surface area contributed by atoms with Crippen molar-refractivity contribution in [3.63, 3.8) is 0 Å². The van der Waals surface area contributed by atoms with Crippen molar-refractivity contribution in [2.75, 3.05) is 13.2 Å². The second-order valence-electron chi connectivity index (χ2n) is 6.72. The van der Waals surface area contributed by atoms with Crippen molar-refractivity contribution >= 4 is 17.9 Å². The van der Waals surface area contributed by atoms with E-state index in [2.05, 4.69) is 6.58 Å². The lowest BCUT2D eigenvalue weighted by atomic mass is 10.1. The van der Waals surface area contributed by atoms with E-state index in [9.17, 15) is 14.4 Å². The summed E-state index contributed by atoms with van der Waals surface area (Å²) in [4.78, 5) is 35.4. The van der Waals surface area contributed by atoms with E-state index in [4.69, 9.17) is 19.5 Å². The fraction of sp³-hybridized carbons (Fsp3) is 0.250. The molecule has 2 rings (SSSR count).